The van der Waals surface area contributed by atoms with Gasteiger partial charge in [0.2, 0.25) is 5.95 Å². The van der Waals surface area contributed by atoms with Gasteiger partial charge in [-0.25, -0.2) is 14.8 Å². The van der Waals surface area contributed by atoms with Crippen LogP contribution in [0.4, 0.5) is 27.5 Å². The van der Waals surface area contributed by atoms with Crippen molar-refractivity contribution in [1.82, 2.24) is 20.3 Å². The number of amides is 1. The SMILES string of the molecule is CCNC(=O)c1cc(O)cc(Nc2ccc(/C=N/Nc3ncc(F)c(N4CCOCC4)n3)nc2)c1. The summed E-state index contributed by atoms with van der Waals surface area (Å²) in [5.74, 6) is -0.438. The van der Waals surface area contributed by atoms with Gasteiger partial charge in [0, 0.05) is 37.0 Å². The van der Waals surface area contributed by atoms with E-state index >= 15 is 0 Å². The largest absolute Gasteiger partial charge is 0.508 e. The van der Waals surface area contributed by atoms with Gasteiger partial charge in [-0.1, -0.05) is 0 Å². The number of aromatic hydroxyl groups is 1. The number of halogens is 1. The predicted octanol–water partition coefficient (Wildman–Crippen LogP) is 2.49. The Morgan fingerprint density at radius 1 is 1.20 bits per heavy atom. The van der Waals surface area contributed by atoms with Crippen LogP contribution in [0.2, 0.25) is 0 Å². The number of phenols is 1. The molecule has 0 atom stereocenters. The quantitative estimate of drug-likeness (QED) is 0.283. The Labute approximate surface area is 201 Å². The molecule has 182 valence electrons. The third-order valence-corrected chi connectivity index (χ3v) is 4.99. The molecule has 1 aliphatic rings. The minimum Gasteiger partial charge on any atom is -0.508 e. The molecular formula is C23H25FN8O3. The highest BCUT2D eigenvalue weighted by Crippen LogP contribution is 2.23. The maximum absolute atomic E-state index is 14.1. The van der Waals surface area contributed by atoms with Crippen molar-refractivity contribution in [2.24, 2.45) is 5.10 Å². The highest BCUT2D eigenvalue weighted by Gasteiger charge is 2.17. The molecule has 2 aromatic heterocycles. The smallest absolute Gasteiger partial charge is 0.251 e. The number of hydrazone groups is 1. The van der Waals surface area contributed by atoms with Crippen LogP contribution in [0.5, 0.6) is 5.75 Å². The summed E-state index contributed by atoms with van der Waals surface area (Å²) in [6.07, 6.45) is 4.17. The van der Waals surface area contributed by atoms with Crippen molar-refractivity contribution in [3.63, 3.8) is 0 Å². The lowest BCUT2D eigenvalue weighted by molar-refractivity contribution is 0.0955. The molecular weight excluding hydrogens is 455 g/mol. The first-order valence-corrected chi connectivity index (χ1v) is 11.0. The van der Waals surface area contributed by atoms with E-state index in [4.69, 9.17) is 4.74 Å². The summed E-state index contributed by atoms with van der Waals surface area (Å²) < 4.78 is 19.4. The summed E-state index contributed by atoms with van der Waals surface area (Å²) in [6, 6.07) is 8.05. The summed E-state index contributed by atoms with van der Waals surface area (Å²) >= 11 is 0. The van der Waals surface area contributed by atoms with Gasteiger partial charge in [-0.05, 0) is 31.2 Å². The van der Waals surface area contributed by atoms with Gasteiger partial charge in [0.05, 0.1) is 43.2 Å². The van der Waals surface area contributed by atoms with E-state index in [1.54, 1.807) is 29.3 Å². The normalized spacial score (nSPS) is 13.6. The van der Waals surface area contributed by atoms with E-state index in [2.05, 4.69) is 36.1 Å². The first kappa shape index (κ1) is 23.8. The lowest BCUT2D eigenvalue weighted by Crippen LogP contribution is -2.37. The standard InChI is InChI=1S/C23H25FN8O3/c1-2-25-22(34)15-9-18(11-19(33)10-15)29-17-4-3-16(26-12-17)13-28-31-23-27-14-20(24)21(30-23)32-5-7-35-8-6-32/h3-4,9-14,29,33H,2,5-8H2,1H3,(H,25,34)(H,27,30,31)/b28-13+. The maximum Gasteiger partial charge on any atom is 0.251 e. The molecule has 1 aromatic carbocycles. The summed E-state index contributed by atoms with van der Waals surface area (Å²) in [5.41, 5.74) is 4.78. The number of carbonyl (C=O) groups excluding carboxylic acids is 1. The molecule has 35 heavy (non-hydrogen) atoms. The Bertz CT molecular complexity index is 1200. The van der Waals surface area contributed by atoms with E-state index in [-0.39, 0.29) is 23.4 Å². The van der Waals surface area contributed by atoms with Gasteiger partial charge >= 0.3 is 0 Å². The van der Waals surface area contributed by atoms with Crippen molar-refractivity contribution >= 4 is 35.3 Å². The number of morpholine rings is 1. The van der Waals surface area contributed by atoms with Crippen LogP contribution in [0.1, 0.15) is 23.0 Å². The minimum absolute atomic E-state index is 0.0289. The first-order chi connectivity index (χ1) is 17.0. The molecule has 3 aromatic rings. The number of carbonyl (C=O) groups is 1. The molecule has 0 spiro atoms. The number of nitrogens with zero attached hydrogens (tertiary/aromatic N) is 5. The average molecular weight is 481 g/mol. The second kappa shape index (κ2) is 11.2. The Balaban J connectivity index is 1.38. The Morgan fingerprint density at radius 2 is 2.03 bits per heavy atom. The topological polar surface area (TPSA) is 137 Å². The maximum atomic E-state index is 14.1. The monoisotopic (exact) mass is 480 g/mol. The van der Waals surface area contributed by atoms with Crippen molar-refractivity contribution in [1.29, 1.82) is 0 Å². The molecule has 1 saturated heterocycles. The highest BCUT2D eigenvalue weighted by atomic mass is 19.1. The van der Waals surface area contributed by atoms with Crippen LogP contribution in [0.15, 0.2) is 47.8 Å². The molecule has 4 rings (SSSR count). The molecule has 0 unspecified atom stereocenters. The summed E-state index contributed by atoms with van der Waals surface area (Å²) in [7, 11) is 0. The third-order valence-electron chi connectivity index (χ3n) is 4.99. The summed E-state index contributed by atoms with van der Waals surface area (Å²) in [5, 5.41) is 19.8. The molecule has 12 heteroatoms. The number of hydrogen-bond donors (Lipinski definition) is 4. The second-order valence-corrected chi connectivity index (χ2v) is 7.56. The zero-order valence-electron chi connectivity index (χ0n) is 19.0. The fourth-order valence-electron chi connectivity index (χ4n) is 3.36. The number of aromatic nitrogens is 3. The van der Waals surface area contributed by atoms with Crippen molar-refractivity contribution in [3.8, 4) is 5.75 Å². The van der Waals surface area contributed by atoms with E-state index in [0.717, 1.165) is 6.20 Å². The number of anilines is 4. The fourth-order valence-corrected chi connectivity index (χ4v) is 3.36. The van der Waals surface area contributed by atoms with Crippen LogP contribution in [0.25, 0.3) is 0 Å². The van der Waals surface area contributed by atoms with Crippen molar-refractivity contribution < 1.29 is 19.0 Å². The van der Waals surface area contributed by atoms with Crippen LogP contribution in [0, 0.1) is 5.82 Å². The van der Waals surface area contributed by atoms with Gasteiger partial charge in [-0.15, -0.1) is 0 Å². The molecule has 1 aliphatic heterocycles. The molecule has 3 heterocycles. The molecule has 0 saturated carbocycles. The summed E-state index contributed by atoms with van der Waals surface area (Å²) in [4.78, 5) is 26.3. The van der Waals surface area contributed by atoms with Crippen LogP contribution < -0.4 is 21.0 Å². The zero-order valence-corrected chi connectivity index (χ0v) is 19.0. The van der Waals surface area contributed by atoms with Crippen LogP contribution in [-0.2, 0) is 4.74 Å². The third kappa shape index (κ3) is 6.38. The lowest BCUT2D eigenvalue weighted by Gasteiger charge is -2.27. The lowest BCUT2D eigenvalue weighted by atomic mass is 10.1. The molecule has 0 aliphatic carbocycles. The van der Waals surface area contributed by atoms with Crippen LogP contribution >= 0.6 is 0 Å². The minimum atomic E-state index is -0.504. The van der Waals surface area contributed by atoms with E-state index in [9.17, 15) is 14.3 Å². The Morgan fingerprint density at radius 3 is 2.77 bits per heavy atom. The Hall–Kier alpha value is -4.32. The number of rotatable bonds is 8. The fraction of sp³-hybridized carbons (Fsp3) is 0.261. The van der Waals surface area contributed by atoms with Crippen LogP contribution in [0.3, 0.4) is 0 Å². The molecule has 0 bridgehead atoms. The number of nitrogens with one attached hydrogen (secondary N) is 3. The van der Waals surface area contributed by atoms with Gasteiger partial charge in [-0.2, -0.15) is 10.1 Å². The van der Waals surface area contributed by atoms with Gasteiger partial charge in [0.25, 0.3) is 5.91 Å². The molecule has 0 radical (unpaired) electrons. The van der Waals surface area contributed by atoms with E-state index in [1.807, 2.05) is 6.92 Å². The van der Waals surface area contributed by atoms with Gasteiger partial charge in [0.15, 0.2) is 11.6 Å². The Kier molecular flexibility index (Phi) is 7.63. The molecule has 1 fully saturated rings. The number of benzene rings is 1. The second-order valence-electron chi connectivity index (χ2n) is 7.56. The van der Waals surface area contributed by atoms with E-state index < -0.39 is 5.82 Å². The molecule has 1 amide bonds. The van der Waals surface area contributed by atoms with Crippen molar-refractivity contribution in [3.05, 3.63) is 59.8 Å². The first-order valence-electron chi connectivity index (χ1n) is 11.0. The zero-order chi connectivity index (χ0) is 24.6. The predicted molar refractivity (Wildman–Crippen MR) is 130 cm³/mol. The van der Waals surface area contributed by atoms with Gasteiger partial charge in [0.1, 0.15) is 5.75 Å². The van der Waals surface area contributed by atoms with E-state index in [1.165, 1.54) is 18.3 Å². The van der Waals surface area contributed by atoms with Gasteiger partial charge in [-0.3, -0.25) is 9.78 Å². The van der Waals surface area contributed by atoms with E-state index in [0.29, 0.717) is 55.5 Å². The number of ether oxygens (including phenoxy) is 1. The van der Waals surface area contributed by atoms with Crippen molar-refractivity contribution in [2.45, 2.75) is 6.92 Å². The van der Waals surface area contributed by atoms with Crippen LogP contribution in [-0.4, -0.2) is 65.0 Å². The highest BCUT2D eigenvalue weighted by molar-refractivity contribution is 5.95. The van der Waals surface area contributed by atoms with Gasteiger partial charge < -0.3 is 25.4 Å². The average Bonchev–Trinajstić information content (AvgIpc) is 2.86. The summed E-state index contributed by atoms with van der Waals surface area (Å²) in [6.45, 7) is 4.44. The molecule has 11 nitrogen and oxygen atoms in total. The number of phenolic OH excluding ortho intramolecular Hbond substituents is 1. The number of pyridine rings is 1. The molecule has 4 N–H and O–H groups in total. The van der Waals surface area contributed by atoms with Crippen molar-refractivity contribution in [2.75, 3.05) is 48.5 Å². The number of hydrogen-bond acceptors (Lipinski definition) is 10.